The summed E-state index contributed by atoms with van der Waals surface area (Å²) in [6.07, 6.45) is 0. The highest BCUT2D eigenvalue weighted by Crippen LogP contribution is 2.36. The number of rotatable bonds is 3. The van der Waals surface area contributed by atoms with Gasteiger partial charge in [-0.15, -0.1) is 0 Å². The Bertz CT molecular complexity index is 367. The minimum absolute atomic E-state index is 0.0532. The summed E-state index contributed by atoms with van der Waals surface area (Å²) in [7, 11) is 1.63. The number of ether oxygens (including phenoxy) is 2. The van der Waals surface area contributed by atoms with Crippen LogP contribution in [-0.4, -0.2) is 13.9 Å². The minimum atomic E-state index is 0.0532. The molecule has 0 fully saturated rings. The molecule has 16 heavy (non-hydrogen) atoms. The Morgan fingerprint density at radius 1 is 1.25 bits per heavy atom. The van der Waals surface area contributed by atoms with Gasteiger partial charge in [0.05, 0.1) is 0 Å². The predicted molar refractivity (Wildman–Crippen MR) is 70.1 cm³/mol. The lowest BCUT2D eigenvalue weighted by atomic mass is 9.85. The molecule has 0 aromatic heterocycles. The van der Waals surface area contributed by atoms with Gasteiger partial charge in [-0.3, -0.25) is 0 Å². The highest BCUT2D eigenvalue weighted by Gasteiger charge is 2.21. The van der Waals surface area contributed by atoms with Gasteiger partial charge in [-0.05, 0) is 30.0 Å². The van der Waals surface area contributed by atoms with E-state index in [0.717, 1.165) is 15.8 Å². The zero-order valence-electron chi connectivity index (χ0n) is 10.6. The van der Waals surface area contributed by atoms with E-state index in [1.54, 1.807) is 7.11 Å². The van der Waals surface area contributed by atoms with Crippen molar-refractivity contribution in [2.45, 2.75) is 33.1 Å². The van der Waals surface area contributed by atoms with Crippen LogP contribution in [0.25, 0.3) is 0 Å². The molecule has 0 saturated carbocycles. The quantitative estimate of drug-likeness (QED) is 0.781. The van der Waals surface area contributed by atoms with Crippen LogP contribution in [0.5, 0.6) is 5.75 Å². The van der Waals surface area contributed by atoms with E-state index in [4.69, 9.17) is 9.47 Å². The standard InChI is InChI=1S/C13H19BrO2/c1-9-6-10(14)7-11(13(2,3)4)12(9)16-8-15-5/h6-7H,8H2,1-5H3. The first-order chi connectivity index (χ1) is 7.36. The maximum Gasteiger partial charge on any atom is 0.188 e. The van der Waals surface area contributed by atoms with Crippen LogP contribution in [0.3, 0.4) is 0 Å². The average molecular weight is 287 g/mol. The maximum atomic E-state index is 5.66. The predicted octanol–water partition coefficient (Wildman–Crippen LogP) is 4.04. The van der Waals surface area contributed by atoms with Crippen molar-refractivity contribution < 1.29 is 9.47 Å². The highest BCUT2D eigenvalue weighted by molar-refractivity contribution is 9.10. The van der Waals surface area contributed by atoms with E-state index in [2.05, 4.69) is 48.8 Å². The minimum Gasteiger partial charge on any atom is -0.467 e. The average Bonchev–Trinajstić information content (AvgIpc) is 2.14. The smallest absolute Gasteiger partial charge is 0.188 e. The third-order valence-electron chi connectivity index (χ3n) is 2.37. The highest BCUT2D eigenvalue weighted by atomic mass is 79.9. The number of halogens is 1. The van der Waals surface area contributed by atoms with Crippen LogP contribution in [0, 0.1) is 6.92 Å². The third kappa shape index (κ3) is 3.22. The van der Waals surface area contributed by atoms with Gasteiger partial charge in [0.15, 0.2) is 6.79 Å². The molecule has 0 spiro atoms. The van der Waals surface area contributed by atoms with Gasteiger partial charge in [-0.1, -0.05) is 36.7 Å². The first kappa shape index (κ1) is 13.5. The van der Waals surface area contributed by atoms with Crippen molar-refractivity contribution >= 4 is 15.9 Å². The van der Waals surface area contributed by atoms with Crippen molar-refractivity contribution in [3.05, 3.63) is 27.7 Å². The zero-order chi connectivity index (χ0) is 12.3. The second kappa shape index (κ2) is 5.19. The summed E-state index contributed by atoms with van der Waals surface area (Å²) in [6.45, 7) is 8.85. The van der Waals surface area contributed by atoms with Gasteiger partial charge in [0.25, 0.3) is 0 Å². The summed E-state index contributed by atoms with van der Waals surface area (Å²) in [5.74, 6) is 0.928. The molecule has 0 aliphatic carbocycles. The lowest BCUT2D eigenvalue weighted by Crippen LogP contribution is -2.15. The Hall–Kier alpha value is -0.540. The molecular weight excluding hydrogens is 268 g/mol. The second-order valence-corrected chi connectivity index (χ2v) is 5.82. The van der Waals surface area contributed by atoms with Gasteiger partial charge in [0, 0.05) is 17.1 Å². The molecule has 0 radical (unpaired) electrons. The Morgan fingerprint density at radius 3 is 2.38 bits per heavy atom. The maximum absolute atomic E-state index is 5.66. The van der Waals surface area contributed by atoms with E-state index in [9.17, 15) is 0 Å². The summed E-state index contributed by atoms with van der Waals surface area (Å²) < 4.78 is 11.7. The second-order valence-electron chi connectivity index (χ2n) is 4.90. The Labute approximate surface area is 106 Å². The molecule has 0 aliphatic heterocycles. The first-order valence-corrected chi connectivity index (χ1v) is 6.08. The van der Waals surface area contributed by atoms with Crippen LogP contribution in [0.15, 0.2) is 16.6 Å². The van der Waals surface area contributed by atoms with E-state index in [-0.39, 0.29) is 12.2 Å². The number of benzene rings is 1. The van der Waals surface area contributed by atoms with Crippen molar-refractivity contribution in [3.8, 4) is 5.75 Å². The monoisotopic (exact) mass is 286 g/mol. The topological polar surface area (TPSA) is 18.5 Å². The largest absolute Gasteiger partial charge is 0.467 e. The summed E-state index contributed by atoms with van der Waals surface area (Å²) in [6, 6.07) is 4.16. The molecule has 1 rings (SSSR count). The van der Waals surface area contributed by atoms with Gasteiger partial charge >= 0.3 is 0 Å². The molecule has 1 aromatic carbocycles. The molecule has 0 amide bonds. The van der Waals surface area contributed by atoms with Crippen molar-refractivity contribution in [2.24, 2.45) is 0 Å². The Morgan fingerprint density at radius 2 is 1.88 bits per heavy atom. The van der Waals surface area contributed by atoms with Gasteiger partial charge in [-0.2, -0.15) is 0 Å². The molecule has 0 aliphatic rings. The molecule has 0 atom stereocenters. The van der Waals surface area contributed by atoms with E-state index in [1.807, 2.05) is 6.92 Å². The van der Waals surface area contributed by atoms with Crippen LogP contribution in [-0.2, 0) is 10.2 Å². The third-order valence-corrected chi connectivity index (χ3v) is 2.83. The number of methoxy groups -OCH3 is 1. The van der Waals surface area contributed by atoms with Crippen LogP contribution in [0.2, 0.25) is 0 Å². The molecule has 1 aromatic rings. The molecular formula is C13H19BrO2. The van der Waals surface area contributed by atoms with Crippen LogP contribution < -0.4 is 4.74 Å². The molecule has 3 heteroatoms. The van der Waals surface area contributed by atoms with Crippen molar-refractivity contribution in [2.75, 3.05) is 13.9 Å². The fraction of sp³-hybridized carbons (Fsp3) is 0.538. The normalized spacial score (nSPS) is 11.6. The fourth-order valence-electron chi connectivity index (χ4n) is 1.60. The lowest BCUT2D eigenvalue weighted by molar-refractivity contribution is 0.0493. The van der Waals surface area contributed by atoms with Crippen molar-refractivity contribution in [1.29, 1.82) is 0 Å². The molecule has 0 N–H and O–H groups in total. The summed E-state index contributed by atoms with van der Waals surface area (Å²) in [5, 5.41) is 0. The summed E-state index contributed by atoms with van der Waals surface area (Å²) in [4.78, 5) is 0. The van der Waals surface area contributed by atoms with Crippen molar-refractivity contribution in [1.82, 2.24) is 0 Å². The molecule has 0 bridgehead atoms. The molecule has 2 nitrogen and oxygen atoms in total. The number of aryl methyl sites for hydroxylation is 1. The van der Waals surface area contributed by atoms with Crippen LogP contribution >= 0.6 is 15.9 Å². The van der Waals surface area contributed by atoms with E-state index in [1.165, 1.54) is 5.56 Å². The van der Waals surface area contributed by atoms with E-state index in [0.29, 0.717) is 0 Å². The van der Waals surface area contributed by atoms with Gasteiger partial charge in [-0.25, -0.2) is 0 Å². The van der Waals surface area contributed by atoms with Crippen LogP contribution in [0.4, 0.5) is 0 Å². The van der Waals surface area contributed by atoms with Gasteiger partial charge in [0.1, 0.15) is 5.75 Å². The van der Waals surface area contributed by atoms with E-state index < -0.39 is 0 Å². The Balaban J connectivity index is 3.21. The lowest BCUT2D eigenvalue weighted by Gasteiger charge is -2.24. The van der Waals surface area contributed by atoms with E-state index >= 15 is 0 Å². The van der Waals surface area contributed by atoms with Crippen molar-refractivity contribution in [3.63, 3.8) is 0 Å². The molecule has 0 saturated heterocycles. The Kier molecular flexibility index (Phi) is 4.39. The SMILES string of the molecule is COCOc1c(C)cc(Br)cc1C(C)(C)C. The van der Waals surface area contributed by atoms with Gasteiger partial charge in [0.2, 0.25) is 0 Å². The van der Waals surface area contributed by atoms with Gasteiger partial charge < -0.3 is 9.47 Å². The molecule has 90 valence electrons. The summed E-state index contributed by atoms with van der Waals surface area (Å²) in [5.41, 5.74) is 2.37. The zero-order valence-corrected chi connectivity index (χ0v) is 12.1. The summed E-state index contributed by atoms with van der Waals surface area (Å²) >= 11 is 3.52. The molecule has 0 heterocycles. The fourth-order valence-corrected chi connectivity index (χ4v) is 2.17. The first-order valence-electron chi connectivity index (χ1n) is 5.28. The van der Waals surface area contributed by atoms with Crippen LogP contribution in [0.1, 0.15) is 31.9 Å². The number of hydrogen-bond acceptors (Lipinski definition) is 2. The number of hydrogen-bond donors (Lipinski definition) is 0. The molecule has 0 unspecified atom stereocenters.